The van der Waals surface area contributed by atoms with Crippen molar-refractivity contribution in [2.75, 3.05) is 20.6 Å². The molecule has 1 heterocycles. The summed E-state index contributed by atoms with van der Waals surface area (Å²) in [5, 5.41) is 3.56. The molecule has 0 saturated carbocycles. The third-order valence-corrected chi connectivity index (χ3v) is 6.08. The van der Waals surface area contributed by atoms with Crippen LogP contribution in [0.5, 0.6) is 0 Å². The Morgan fingerprint density at radius 1 is 1.37 bits per heavy atom. The van der Waals surface area contributed by atoms with Gasteiger partial charge in [-0.2, -0.15) is 0 Å². The van der Waals surface area contributed by atoms with Crippen LogP contribution >= 0.6 is 38.9 Å². The van der Waals surface area contributed by atoms with E-state index in [0.717, 1.165) is 27.8 Å². The van der Waals surface area contributed by atoms with E-state index < -0.39 is 0 Å². The second-order valence-corrected chi connectivity index (χ2v) is 7.67. The van der Waals surface area contributed by atoms with E-state index in [4.69, 9.17) is 11.6 Å². The van der Waals surface area contributed by atoms with Crippen molar-refractivity contribution in [3.05, 3.63) is 19.8 Å². The molecule has 19 heavy (non-hydrogen) atoms. The Kier molecular flexibility index (Phi) is 7.92. The fourth-order valence-corrected chi connectivity index (χ4v) is 4.19. The molecule has 0 bridgehead atoms. The van der Waals surface area contributed by atoms with Gasteiger partial charge >= 0.3 is 0 Å². The molecule has 2 nitrogen and oxygen atoms in total. The number of nitrogens with zero attached hydrogens (tertiary/aromatic N) is 1. The van der Waals surface area contributed by atoms with Crippen LogP contribution < -0.4 is 5.32 Å². The van der Waals surface area contributed by atoms with Gasteiger partial charge in [0.25, 0.3) is 0 Å². The van der Waals surface area contributed by atoms with Crippen LogP contribution in [-0.2, 0) is 6.54 Å². The fourth-order valence-electron chi connectivity index (χ4n) is 2.43. The van der Waals surface area contributed by atoms with E-state index in [1.54, 1.807) is 11.3 Å². The molecule has 0 fully saturated rings. The van der Waals surface area contributed by atoms with Gasteiger partial charge in [0, 0.05) is 28.5 Å². The highest BCUT2D eigenvalue weighted by molar-refractivity contribution is 9.10. The second kappa shape index (κ2) is 8.63. The van der Waals surface area contributed by atoms with Crippen molar-refractivity contribution in [3.8, 4) is 0 Å². The molecule has 110 valence electrons. The number of nitrogens with one attached hydrogen (secondary N) is 1. The van der Waals surface area contributed by atoms with Crippen molar-refractivity contribution in [2.24, 2.45) is 5.92 Å². The van der Waals surface area contributed by atoms with Crippen molar-refractivity contribution in [1.82, 2.24) is 10.2 Å². The van der Waals surface area contributed by atoms with Crippen LogP contribution in [0.3, 0.4) is 0 Å². The molecule has 1 rings (SSSR count). The summed E-state index contributed by atoms with van der Waals surface area (Å²) in [4.78, 5) is 3.61. The van der Waals surface area contributed by atoms with Crippen LogP contribution in [0.2, 0.25) is 4.34 Å². The molecular weight excluding hydrogens is 344 g/mol. The summed E-state index contributed by atoms with van der Waals surface area (Å²) in [5.74, 6) is 0.751. The lowest BCUT2D eigenvalue weighted by Crippen LogP contribution is -2.42. The van der Waals surface area contributed by atoms with Gasteiger partial charge in [-0.05, 0) is 42.0 Å². The normalized spacial score (nSPS) is 13.5. The van der Waals surface area contributed by atoms with Crippen LogP contribution in [0.4, 0.5) is 0 Å². The summed E-state index contributed by atoms with van der Waals surface area (Å²) in [6.07, 6.45) is 2.47. The van der Waals surface area contributed by atoms with Gasteiger partial charge in [-0.1, -0.05) is 38.3 Å². The first-order chi connectivity index (χ1) is 8.99. The summed E-state index contributed by atoms with van der Waals surface area (Å²) in [7, 11) is 4.34. The molecule has 0 aromatic carbocycles. The topological polar surface area (TPSA) is 15.3 Å². The lowest BCUT2D eigenvalue weighted by Gasteiger charge is -2.31. The molecule has 1 aromatic heterocycles. The molecule has 0 spiro atoms. The molecule has 0 aliphatic carbocycles. The monoisotopic (exact) mass is 366 g/mol. The minimum absolute atomic E-state index is 0.592. The molecule has 0 aliphatic rings. The van der Waals surface area contributed by atoms with Crippen LogP contribution in [0.25, 0.3) is 0 Å². The predicted octanol–water partition coefficient (Wildman–Crippen LogP) is 4.62. The molecule has 0 radical (unpaired) electrons. The van der Waals surface area contributed by atoms with E-state index in [-0.39, 0.29) is 0 Å². The lowest BCUT2D eigenvalue weighted by atomic mass is 9.93. The van der Waals surface area contributed by atoms with Crippen molar-refractivity contribution in [3.63, 3.8) is 0 Å². The Hall–Kier alpha value is 0.390. The number of likely N-dealkylation sites (N-methyl/N-ethyl adjacent to an activating group) is 1. The van der Waals surface area contributed by atoms with Crippen molar-refractivity contribution >= 4 is 38.9 Å². The summed E-state index contributed by atoms with van der Waals surface area (Å²) < 4.78 is 1.83. The van der Waals surface area contributed by atoms with E-state index in [1.807, 2.05) is 0 Å². The molecule has 0 saturated heterocycles. The van der Waals surface area contributed by atoms with Gasteiger partial charge in [0.05, 0.1) is 0 Å². The van der Waals surface area contributed by atoms with E-state index in [2.05, 4.69) is 60.2 Å². The molecule has 0 amide bonds. The number of rotatable bonds is 8. The lowest BCUT2D eigenvalue weighted by molar-refractivity contribution is 0.194. The summed E-state index contributed by atoms with van der Waals surface area (Å²) in [6.45, 7) is 6.47. The van der Waals surface area contributed by atoms with Crippen LogP contribution in [0.1, 0.15) is 31.6 Å². The zero-order valence-electron chi connectivity index (χ0n) is 12.2. The Morgan fingerprint density at radius 3 is 2.42 bits per heavy atom. The van der Waals surface area contributed by atoms with Crippen molar-refractivity contribution in [1.29, 1.82) is 0 Å². The van der Waals surface area contributed by atoms with Crippen LogP contribution in [0.15, 0.2) is 10.5 Å². The maximum atomic E-state index is 6.05. The molecule has 5 heteroatoms. The van der Waals surface area contributed by atoms with Gasteiger partial charge < -0.3 is 10.2 Å². The molecule has 1 atom stereocenters. The van der Waals surface area contributed by atoms with E-state index in [1.165, 1.54) is 17.7 Å². The van der Waals surface area contributed by atoms with Gasteiger partial charge in [-0.15, -0.1) is 11.3 Å². The SMILES string of the molecule is CCC(CC)C(CNCc1cc(Br)c(Cl)s1)N(C)C. The highest BCUT2D eigenvalue weighted by Crippen LogP contribution is 2.31. The molecule has 0 aliphatic heterocycles. The van der Waals surface area contributed by atoms with Crippen LogP contribution in [-0.4, -0.2) is 31.6 Å². The molecule has 1 N–H and O–H groups in total. The van der Waals surface area contributed by atoms with Gasteiger partial charge in [0.2, 0.25) is 0 Å². The third kappa shape index (κ3) is 5.35. The molecular formula is C14H24BrClN2S. The van der Waals surface area contributed by atoms with E-state index >= 15 is 0 Å². The van der Waals surface area contributed by atoms with Gasteiger partial charge in [-0.3, -0.25) is 0 Å². The van der Waals surface area contributed by atoms with Gasteiger partial charge in [0.15, 0.2) is 0 Å². The summed E-state index contributed by atoms with van der Waals surface area (Å²) >= 11 is 11.1. The zero-order valence-corrected chi connectivity index (χ0v) is 15.3. The van der Waals surface area contributed by atoms with Gasteiger partial charge in [0.1, 0.15) is 4.34 Å². The minimum atomic E-state index is 0.592. The molecule has 1 aromatic rings. The summed E-state index contributed by atoms with van der Waals surface area (Å²) in [5.41, 5.74) is 0. The molecule has 1 unspecified atom stereocenters. The third-order valence-electron chi connectivity index (χ3n) is 3.61. The first kappa shape index (κ1) is 17.4. The van der Waals surface area contributed by atoms with E-state index in [9.17, 15) is 0 Å². The van der Waals surface area contributed by atoms with Gasteiger partial charge in [-0.25, -0.2) is 0 Å². The summed E-state index contributed by atoms with van der Waals surface area (Å²) in [6, 6.07) is 2.69. The minimum Gasteiger partial charge on any atom is -0.310 e. The van der Waals surface area contributed by atoms with E-state index in [0.29, 0.717) is 6.04 Å². The quantitative estimate of drug-likeness (QED) is 0.721. The number of hydrogen-bond donors (Lipinski definition) is 1. The maximum absolute atomic E-state index is 6.05. The Bertz CT molecular complexity index is 358. The average molecular weight is 368 g/mol. The average Bonchev–Trinajstić information content (AvgIpc) is 2.67. The number of thiophene rings is 1. The smallest absolute Gasteiger partial charge is 0.107 e. The first-order valence-corrected chi connectivity index (χ1v) is 8.79. The Balaban J connectivity index is 2.48. The van der Waals surface area contributed by atoms with Crippen molar-refractivity contribution < 1.29 is 0 Å². The first-order valence-electron chi connectivity index (χ1n) is 6.80. The Morgan fingerprint density at radius 2 is 2.00 bits per heavy atom. The second-order valence-electron chi connectivity index (χ2n) is 5.07. The van der Waals surface area contributed by atoms with Crippen LogP contribution in [0, 0.1) is 5.92 Å². The Labute approximate surface area is 134 Å². The standard InChI is InChI=1S/C14H24BrClN2S/c1-5-10(6-2)13(18(3)4)9-17-8-11-7-12(15)14(16)19-11/h7,10,13,17H,5-6,8-9H2,1-4H3. The highest BCUT2D eigenvalue weighted by atomic mass is 79.9. The fraction of sp³-hybridized carbons (Fsp3) is 0.714. The predicted molar refractivity (Wildman–Crippen MR) is 90.3 cm³/mol. The largest absolute Gasteiger partial charge is 0.310 e. The van der Waals surface area contributed by atoms with Crippen molar-refractivity contribution in [2.45, 2.75) is 39.3 Å². The number of halogens is 2. The maximum Gasteiger partial charge on any atom is 0.107 e. The number of hydrogen-bond acceptors (Lipinski definition) is 3. The highest BCUT2D eigenvalue weighted by Gasteiger charge is 2.20. The zero-order chi connectivity index (χ0) is 14.4.